The first kappa shape index (κ1) is 17.8. The van der Waals surface area contributed by atoms with Crippen LogP contribution in [0, 0.1) is 0 Å². The average Bonchev–Trinajstić information content (AvgIpc) is 2.50. The van der Waals surface area contributed by atoms with Gasteiger partial charge in [0, 0.05) is 12.2 Å². The van der Waals surface area contributed by atoms with Crippen molar-refractivity contribution >= 4 is 24.0 Å². The summed E-state index contributed by atoms with van der Waals surface area (Å²) in [5, 5.41) is 2.88. The number of benzene rings is 1. The molecule has 0 unspecified atom stereocenters. The largest absolute Gasteiger partial charge is 0.497 e. The van der Waals surface area contributed by atoms with Gasteiger partial charge in [0.1, 0.15) is 5.75 Å². The standard InChI is InChI=1S/C16H19N3O2.ClH/c1-21-15-4-2-3-12(9-15)7-8-18-16(20)10-14-6-5-13(17)11-19-14;/h2-6,9,11H,7-8,10,17H2,1H3,(H,18,20);1H. The van der Waals surface area contributed by atoms with Crippen LogP contribution >= 0.6 is 12.4 Å². The number of hydrogen-bond donors (Lipinski definition) is 2. The van der Waals surface area contributed by atoms with Crippen LogP contribution in [0.2, 0.25) is 0 Å². The highest BCUT2D eigenvalue weighted by atomic mass is 35.5. The number of pyridine rings is 1. The number of nitrogens with one attached hydrogen (secondary N) is 1. The highest BCUT2D eigenvalue weighted by Crippen LogP contribution is 2.12. The molecule has 0 aliphatic heterocycles. The molecule has 2 rings (SSSR count). The van der Waals surface area contributed by atoms with Gasteiger partial charge >= 0.3 is 0 Å². The van der Waals surface area contributed by atoms with Gasteiger partial charge in [-0.1, -0.05) is 12.1 Å². The van der Waals surface area contributed by atoms with Gasteiger partial charge in [-0.05, 0) is 36.2 Å². The van der Waals surface area contributed by atoms with E-state index in [1.54, 1.807) is 25.4 Å². The minimum absolute atomic E-state index is 0. The molecule has 2 aromatic rings. The number of carbonyl (C=O) groups excluding carboxylic acids is 1. The lowest BCUT2D eigenvalue weighted by Gasteiger charge is -2.07. The summed E-state index contributed by atoms with van der Waals surface area (Å²) in [6.45, 7) is 0.584. The lowest BCUT2D eigenvalue weighted by Crippen LogP contribution is -2.27. The maximum atomic E-state index is 11.8. The highest BCUT2D eigenvalue weighted by molar-refractivity contribution is 5.85. The molecule has 0 atom stereocenters. The van der Waals surface area contributed by atoms with Crippen molar-refractivity contribution in [3.8, 4) is 5.75 Å². The zero-order valence-corrected chi connectivity index (χ0v) is 13.2. The smallest absolute Gasteiger partial charge is 0.226 e. The van der Waals surface area contributed by atoms with Gasteiger partial charge in [-0.25, -0.2) is 0 Å². The fourth-order valence-corrected chi connectivity index (χ4v) is 1.94. The Hall–Kier alpha value is -2.27. The summed E-state index contributed by atoms with van der Waals surface area (Å²) in [5.41, 5.74) is 7.98. The molecule has 3 N–H and O–H groups in total. The van der Waals surface area contributed by atoms with Gasteiger partial charge in [-0.3, -0.25) is 9.78 Å². The topological polar surface area (TPSA) is 77.2 Å². The first-order valence-electron chi connectivity index (χ1n) is 6.77. The van der Waals surface area contributed by atoms with E-state index in [4.69, 9.17) is 10.5 Å². The van der Waals surface area contributed by atoms with Crippen LogP contribution < -0.4 is 15.8 Å². The Kier molecular flexibility index (Phi) is 7.19. The van der Waals surface area contributed by atoms with E-state index in [9.17, 15) is 4.79 Å². The third-order valence-electron chi connectivity index (χ3n) is 3.06. The van der Waals surface area contributed by atoms with Gasteiger partial charge in [-0.15, -0.1) is 12.4 Å². The van der Waals surface area contributed by atoms with E-state index in [-0.39, 0.29) is 24.7 Å². The van der Waals surface area contributed by atoms with E-state index >= 15 is 0 Å². The van der Waals surface area contributed by atoms with Gasteiger partial charge in [0.05, 0.1) is 25.4 Å². The van der Waals surface area contributed by atoms with Crippen molar-refractivity contribution < 1.29 is 9.53 Å². The van der Waals surface area contributed by atoms with Gasteiger partial charge in [0.15, 0.2) is 0 Å². The van der Waals surface area contributed by atoms with Crippen LogP contribution in [0.1, 0.15) is 11.3 Å². The fraction of sp³-hybridized carbons (Fsp3) is 0.250. The molecule has 0 saturated carbocycles. The number of nitrogens with two attached hydrogens (primary N) is 1. The van der Waals surface area contributed by atoms with E-state index in [1.165, 1.54) is 0 Å². The summed E-state index contributed by atoms with van der Waals surface area (Å²) in [4.78, 5) is 15.9. The van der Waals surface area contributed by atoms with Crippen LogP contribution in [-0.2, 0) is 17.6 Å². The van der Waals surface area contributed by atoms with Crippen LogP contribution in [0.3, 0.4) is 0 Å². The minimum Gasteiger partial charge on any atom is -0.497 e. The molecule has 6 heteroatoms. The maximum Gasteiger partial charge on any atom is 0.226 e. The van der Waals surface area contributed by atoms with E-state index < -0.39 is 0 Å². The number of rotatable bonds is 6. The van der Waals surface area contributed by atoms with Crippen LogP contribution in [0.25, 0.3) is 0 Å². The predicted octanol–water partition coefficient (Wildman–Crippen LogP) is 2.00. The Bertz CT molecular complexity index is 603. The first-order valence-corrected chi connectivity index (χ1v) is 6.77. The van der Waals surface area contributed by atoms with Crippen molar-refractivity contribution in [1.82, 2.24) is 10.3 Å². The Labute approximate surface area is 136 Å². The zero-order valence-electron chi connectivity index (χ0n) is 12.4. The molecule has 1 aromatic heterocycles. The SMILES string of the molecule is COc1cccc(CCNC(=O)Cc2ccc(N)cn2)c1.Cl. The van der Waals surface area contributed by atoms with Crippen molar-refractivity contribution in [3.05, 3.63) is 53.9 Å². The quantitative estimate of drug-likeness (QED) is 0.853. The first-order chi connectivity index (χ1) is 10.2. The second kappa shape index (κ2) is 8.89. The molecule has 0 spiro atoms. The van der Waals surface area contributed by atoms with Crippen molar-refractivity contribution in [2.75, 3.05) is 19.4 Å². The zero-order chi connectivity index (χ0) is 15.1. The average molecular weight is 322 g/mol. The lowest BCUT2D eigenvalue weighted by atomic mass is 10.1. The van der Waals surface area contributed by atoms with Gasteiger partial charge < -0.3 is 15.8 Å². The summed E-state index contributed by atoms with van der Waals surface area (Å²) in [7, 11) is 1.64. The molecule has 1 amide bonds. The van der Waals surface area contributed by atoms with Crippen molar-refractivity contribution in [1.29, 1.82) is 0 Å². The molecule has 1 aromatic carbocycles. The molecule has 0 fully saturated rings. The number of carbonyl (C=O) groups is 1. The van der Waals surface area contributed by atoms with Crippen LogP contribution in [-0.4, -0.2) is 24.5 Å². The Balaban J connectivity index is 0.00000242. The number of anilines is 1. The van der Waals surface area contributed by atoms with Gasteiger partial charge in [0.25, 0.3) is 0 Å². The van der Waals surface area contributed by atoms with E-state index in [0.717, 1.165) is 17.7 Å². The summed E-state index contributed by atoms with van der Waals surface area (Å²) in [5.74, 6) is 0.778. The molecule has 1 heterocycles. The number of methoxy groups -OCH3 is 1. The number of amides is 1. The fourth-order valence-electron chi connectivity index (χ4n) is 1.94. The molecule has 22 heavy (non-hydrogen) atoms. The molecular weight excluding hydrogens is 302 g/mol. The second-order valence-electron chi connectivity index (χ2n) is 4.71. The highest BCUT2D eigenvalue weighted by Gasteiger charge is 2.04. The number of aromatic nitrogens is 1. The monoisotopic (exact) mass is 321 g/mol. The lowest BCUT2D eigenvalue weighted by molar-refractivity contribution is -0.120. The summed E-state index contributed by atoms with van der Waals surface area (Å²) < 4.78 is 5.17. The van der Waals surface area contributed by atoms with Crippen LogP contribution in [0.15, 0.2) is 42.6 Å². The third-order valence-corrected chi connectivity index (χ3v) is 3.06. The molecule has 0 saturated heterocycles. The molecule has 0 aliphatic carbocycles. The third kappa shape index (κ3) is 5.61. The van der Waals surface area contributed by atoms with Crippen molar-refractivity contribution in [3.63, 3.8) is 0 Å². The normalized spacial score (nSPS) is 9.68. The van der Waals surface area contributed by atoms with Crippen molar-refractivity contribution in [2.24, 2.45) is 0 Å². The number of hydrogen-bond acceptors (Lipinski definition) is 4. The molecule has 0 radical (unpaired) electrons. The molecule has 0 bridgehead atoms. The Morgan fingerprint density at radius 3 is 2.82 bits per heavy atom. The minimum atomic E-state index is -0.0461. The van der Waals surface area contributed by atoms with Crippen molar-refractivity contribution in [2.45, 2.75) is 12.8 Å². The van der Waals surface area contributed by atoms with Gasteiger partial charge in [-0.2, -0.15) is 0 Å². The van der Waals surface area contributed by atoms with E-state index in [2.05, 4.69) is 10.3 Å². The summed E-state index contributed by atoms with van der Waals surface area (Å²) in [6, 6.07) is 11.3. The number of nitrogen functional groups attached to an aromatic ring is 1. The van der Waals surface area contributed by atoms with E-state index in [0.29, 0.717) is 17.9 Å². The summed E-state index contributed by atoms with van der Waals surface area (Å²) >= 11 is 0. The maximum absolute atomic E-state index is 11.8. The van der Waals surface area contributed by atoms with Crippen LogP contribution in [0.5, 0.6) is 5.75 Å². The number of ether oxygens (including phenoxy) is 1. The molecule has 5 nitrogen and oxygen atoms in total. The molecule has 0 aliphatic rings. The Morgan fingerprint density at radius 1 is 1.32 bits per heavy atom. The van der Waals surface area contributed by atoms with E-state index in [1.807, 2.05) is 24.3 Å². The Morgan fingerprint density at radius 2 is 2.14 bits per heavy atom. The second-order valence-corrected chi connectivity index (χ2v) is 4.71. The number of nitrogens with zero attached hydrogens (tertiary/aromatic N) is 1. The number of halogens is 1. The molecule has 118 valence electrons. The summed E-state index contributed by atoms with van der Waals surface area (Å²) in [6.07, 6.45) is 2.58. The predicted molar refractivity (Wildman–Crippen MR) is 89.3 cm³/mol. The van der Waals surface area contributed by atoms with Crippen LogP contribution in [0.4, 0.5) is 5.69 Å². The molecular formula is C16H20ClN3O2. The van der Waals surface area contributed by atoms with Gasteiger partial charge in [0.2, 0.25) is 5.91 Å².